The highest BCUT2D eigenvalue weighted by Gasteiger charge is 2.14. The van der Waals surface area contributed by atoms with Crippen LogP contribution >= 0.6 is 12.4 Å². The maximum absolute atomic E-state index is 12.2. The molecule has 0 radical (unpaired) electrons. The summed E-state index contributed by atoms with van der Waals surface area (Å²) in [7, 11) is 0. The number of ether oxygens (including phenoxy) is 1. The van der Waals surface area contributed by atoms with Crippen LogP contribution in [0.1, 0.15) is 16.8 Å². The number of carbonyl (C=O) groups excluding carboxylic acids is 1. The lowest BCUT2D eigenvalue weighted by atomic mass is 10.1. The highest BCUT2D eigenvalue weighted by molar-refractivity contribution is 5.95. The van der Waals surface area contributed by atoms with Crippen molar-refractivity contribution >= 4 is 18.2 Å². The first-order valence-electron chi connectivity index (χ1n) is 7.26. The third kappa shape index (κ3) is 4.16. The van der Waals surface area contributed by atoms with Gasteiger partial charge in [-0.15, -0.1) is 12.4 Å². The predicted octanol–water partition coefficient (Wildman–Crippen LogP) is 2.20. The molecule has 0 saturated carbocycles. The first kappa shape index (κ1) is 16.7. The van der Waals surface area contributed by atoms with Crippen LogP contribution < -0.4 is 0 Å². The average Bonchev–Trinajstić information content (AvgIpc) is 3.04. The molecule has 1 aromatic heterocycles. The third-order valence-corrected chi connectivity index (χ3v) is 3.68. The molecule has 2 heterocycles. The molecule has 118 valence electrons. The number of ketones is 1. The summed E-state index contributed by atoms with van der Waals surface area (Å²) in [6.45, 7) is 4.14. The molecule has 0 spiro atoms. The van der Waals surface area contributed by atoms with Crippen LogP contribution in [0, 0.1) is 0 Å². The number of Topliss-reactive ketones (excluding diaryl/α,β-unsaturated/α-hetero) is 1. The fourth-order valence-corrected chi connectivity index (χ4v) is 2.42. The van der Waals surface area contributed by atoms with Crippen LogP contribution in [-0.2, 0) is 4.74 Å². The lowest BCUT2D eigenvalue weighted by molar-refractivity contribution is 0.0370. The van der Waals surface area contributed by atoms with E-state index in [1.54, 1.807) is 17.1 Å². The van der Waals surface area contributed by atoms with Crippen molar-refractivity contribution in [3.05, 3.63) is 48.3 Å². The summed E-state index contributed by atoms with van der Waals surface area (Å²) in [5.74, 6) is 0.142. The van der Waals surface area contributed by atoms with Crippen LogP contribution in [0.3, 0.4) is 0 Å². The first-order chi connectivity index (χ1) is 10.3. The molecule has 2 aromatic rings. The summed E-state index contributed by atoms with van der Waals surface area (Å²) in [6.07, 6.45) is 3.98. The number of hydrogen-bond donors (Lipinski definition) is 0. The third-order valence-electron chi connectivity index (χ3n) is 3.68. The summed E-state index contributed by atoms with van der Waals surface area (Å²) in [4.78, 5) is 14.5. The number of para-hydroxylation sites is 1. The predicted molar refractivity (Wildman–Crippen MR) is 87.0 cm³/mol. The Labute approximate surface area is 136 Å². The quantitative estimate of drug-likeness (QED) is 0.792. The number of hydrogen-bond acceptors (Lipinski definition) is 4. The van der Waals surface area contributed by atoms with Crippen LogP contribution in [-0.4, -0.2) is 53.3 Å². The summed E-state index contributed by atoms with van der Waals surface area (Å²) in [5.41, 5.74) is 1.64. The van der Waals surface area contributed by atoms with Crippen LogP contribution in [0.15, 0.2) is 42.7 Å². The molecule has 1 fully saturated rings. The molecular formula is C16H20ClN3O2. The Morgan fingerprint density at radius 3 is 2.64 bits per heavy atom. The van der Waals surface area contributed by atoms with Crippen molar-refractivity contribution in [1.82, 2.24) is 14.7 Å². The van der Waals surface area contributed by atoms with Gasteiger partial charge in [0.1, 0.15) is 0 Å². The number of morpholine rings is 1. The first-order valence-corrected chi connectivity index (χ1v) is 7.26. The minimum Gasteiger partial charge on any atom is -0.379 e. The zero-order valence-electron chi connectivity index (χ0n) is 12.4. The van der Waals surface area contributed by atoms with Crippen molar-refractivity contribution < 1.29 is 9.53 Å². The number of benzene rings is 1. The minimum absolute atomic E-state index is 0. The van der Waals surface area contributed by atoms with Gasteiger partial charge in [0.05, 0.1) is 30.7 Å². The summed E-state index contributed by atoms with van der Waals surface area (Å²) in [5, 5.41) is 4.26. The van der Waals surface area contributed by atoms with E-state index in [4.69, 9.17) is 4.74 Å². The second kappa shape index (κ2) is 8.08. The molecule has 0 aliphatic carbocycles. The van der Waals surface area contributed by atoms with Gasteiger partial charge in [-0.25, -0.2) is 4.68 Å². The van der Waals surface area contributed by atoms with E-state index >= 15 is 0 Å². The molecule has 1 aliphatic rings. The molecule has 5 nitrogen and oxygen atoms in total. The molecule has 3 rings (SSSR count). The second-order valence-corrected chi connectivity index (χ2v) is 5.14. The van der Waals surface area contributed by atoms with E-state index in [2.05, 4.69) is 10.00 Å². The Kier molecular flexibility index (Phi) is 6.12. The van der Waals surface area contributed by atoms with Gasteiger partial charge < -0.3 is 4.74 Å². The number of nitrogens with zero attached hydrogens (tertiary/aromatic N) is 3. The lowest BCUT2D eigenvalue weighted by Crippen LogP contribution is -2.37. The normalized spacial score (nSPS) is 15.3. The van der Waals surface area contributed by atoms with Crippen molar-refractivity contribution in [2.45, 2.75) is 6.42 Å². The van der Waals surface area contributed by atoms with Crippen molar-refractivity contribution in [2.24, 2.45) is 0 Å². The van der Waals surface area contributed by atoms with Gasteiger partial charge in [0.15, 0.2) is 5.78 Å². The van der Waals surface area contributed by atoms with Gasteiger partial charge in [0.2, 0.25) is 0 Å². The summed E-state index contributed by atoms with van der Waals surface area (Å²) < 4.78 is 7.04. The Balaban J connectivity index is 0.00000176. The topological polar surface area (TPSA) is 47.4 Å². The van der Waals surface area contributed by atoms with Crippen LogP contribution in [0.25, 0.3) is 5.69 Å². The fourth-order valence-electron chi connectivity index (χ4n) is 2.42. The van der Waals surface area contributed by atoms with Crippen molar-refractivity contribution in [3.63, 3.8) is 0 Å². The molecule has 0 atom stereocenters. The highest BCUT2D eigenvalue weighted by atomic mass is 35.5. The van der Waals surface area contributed by atoms with Gasteiger partial charge in [-0.3, -0.25) is 9.69 Å². The Bertz CT molecular complexity index is 594. The van der Waals surface area contributed by atoms with Gasteiger partial charge >= 0.3 is 0 Å². The smallest absolute Gasteiger partial charge is 0.167 e. The molecule has 1 aromatic carbocycles. The number of rotatable bonds is 5. The van der Waals surface area contributed by atoms with Crippen LogP contribution in [0.2, 0.25) is 0 Å². The molecular weight excluding hydrogens is 302 g/mol. The summed E-state index contributed by atoms with van der Waals surface area (Å²) >= 11 is 0. The SMILES string of the molecule is Cl.O=C(CCN1CCOCC1)c1cnn(-c2ccccc2)c1. The zero-order chi connectivity index (χ0) is 14.5. The van der Waals surface area contributed by atoms with E-state index in [9.17, 15) is 4.79 Å². The van der Waals surface area contributed by atoms with Crippen molar-refractivity contribution in [3.8, 4) is 5.69 Å². The van der Waals surface area contributed by atoms with Gasteiger partial charge in [0.25, 0.3) is 0 Å². The second-order valence-electron chi connectivity index (χ2n) is 5.14. The standard InChI is InChI=1S/C16H19N3O2.ClH/c20-16(6-7-18-8-10-21-11-9-18)14-12-17-19(13-14)15-4-2-1-3-5-15;/h1-5,12-13H,6-11H2;1H. The zero-order valence-corrected chi connectivity index (χ0v) is 13.2. The molecule has 0 N–H and O–H groups in total. The van der Waals surface area contributed by atoms with Crippen LogP contribution in [0.4, 0.5) is 0 Å². The van der Waals surface area contributed by atoms with E-state index in [-0.39, 0.29) is 18.2 Å². The molecule has 6 heteroatoms. The van der Waals surface area contributed by atoms with E-state index in [0.717, 1.165) is 38.5 Å². The molecule has 0 amide bonds. The lowest BCUT2D eigenvalue weighted by Gasteiger charge is -2.26. The molecule has 0 unspecified atom stereocenters. The van der Waals surface area contributed by atoms with Crippen molar-refractivity contribution in [1.29, 1.82) is 0 Å². The molecule has 1 aliphatic heterocycles. The maximum atomic E-state index is 12.2. The van der Waals surface area contributed by atoms with E-state index < -0.39 is 0 Å². The van der Waals surface area contributed by atoms with Crippen LogP contribution in [0.5, 0.6) is 0 Å². The number of halogens is 1. The monoisotopic (exact) mass is 321 g/mol. The Morgan fingerprint density at radius 1 is 1.18 bits per heavy atom. The fraction of sp³-hybridized carbons (Fsp3) is 0.375. The highest BCUT2D eigenvalue weighted by Crippen LogP contribution is 2.10. The molecule has 22 heavy (non-hydrogen) atoms. The van der Waals surface area contributed by atoms with E-state index in [1.807, 2.05) is 30.3 Å². The number of carbonyl (C=O) groups is 1. The van der Waals surface area contributed by atoms with Gasteiger partial charge in [-0.05, 0) is 12.1 Å². The van der Waals surface area contributed by atoms with Gasteiger partial charge in [-0.1, -0.05) is 18.2 Å². The number of aromatic nitrogens is 2. The largest absolute Gasteiger partial charge is 0.379 e. The Hall–Kier alpha value is -1.69. The average molecular weight is 322 g/mol. The summed E-state index contributed by atoms with van der Waals surface area (Å²) in [6, 6.07) is 9.80. The molecule has 1 saturated heterocycles. The van der Waals surface area contributed by atoms with E-state index in [1.165, 1.54) is 0 Å². The van der Waals surface area contributed by atoms with Gasteiger partial charge in [-0.2, -0.15) is 5.10 Å². The molecule has 0 bridgehead atoms. The van der Waals surface area contributed by atoms with Gasteiger partial charge in [0, 0.05) is 32.3 Å². The minimum atomic E-state index is 0. The Morgan fingerprint density at radius 2 is 1.91 bits per heavy atom. The maximum Gasteiger partial charge on any atom is 0.167 e. The van der Waals surface area contributed by atoms with Crippen molar-refractivity contribution in [2.75, 3.05) is 32.8 Å². The van der Waals surface area contributed by atoms with E-state index in [0.29, 0.717) is 12.0 Å².